The van der Waals surface area contributed by atoms with Crippen LogP contribution in [0.5, 0.6) is 23.0 Å². The van der Waals surface area contributed by atoms with Gasteiger partial charge in [-0.05, 0) is 37.1 Å². The first kappa shape index (κ1) is 17.3. The molecular weight excluding hydrogens is 308 g/mol. The van der Waals surface area contributed by atoms with Gasteiger partial charge in [0.2, 0.25) is 0 Å². The molecule has 24 heavy (non-hydrogen) atoms. The Labute approximate surface area is 140 Å². The number of nitrogens with zero attached hydrogens (tertiary/aromatic N) is 2. The van der Waals surface area contributed by atoms with Crippen molar-refractivity contribution in [3.63, 3.8) is 0 Å². The van der Waals surface area contributed by atoms with E-state index in [1.165, 1.54) is 24.3 Å². The zero-order valence-corrected chi connectivity index (χ0v) is 13.1. The predicted molar refractivity (Wildman–Crippen MR) is 93.7 cm³/mol. The zero-order valence-electron chi connectivity index (χ0n) is 13.1. The second-order valence-electron chi connectivity index (χ2n) is 5.26. The molecule has 0 fully saturated rings. The summed E-state index contributed by atoms with van der Waals surface area (Å²) in [7, 11) is 0. The highest BCUT2D eigenvalue weighted by molar-refractivity contribution is 5.84. The molecule has 6 nitrogen and oxygen atoms in total. The quantitative estimate of drug-likeness (QED) is 0.463. The molecule has 0 bridgehead atoms. The summed E-state index contributed by atoms with van der Waals surface area (Å²) in [6.45, 7) is 1.22. The van der Waals surface area contributed by atoms with Gasteiger partial charge in [0, 0.05) is 48.8 Å². The number of phenols is 4. The van der Waals surface area contributed by atoms with Crippen molar-refractivity contribution in [1.82, 2.24) is 0 Å². The van der Waals surface area contributed by atoms with E-state index in [1.807, 2.05) is 0 Å². The molecule has 0 atom stereocenters. The minimum atomic E-state index is -0.00273. The average Bonchev–Trinajstić information content (AvgIpc) is 2.53. The summed E-state index contributed by atoms with van der Waals surface area (Å²) in [4.78, 5) is 8.45. The van der Waals surface area contributed by atoms with Crippen LogP contribution in [0.3, 0.4) is 0 Å². The van der Waals surface area contributed by atoms with E-state index in [9.17, 15) is 20.4 Å². The lowest BCUT2D eigenvalue weighted by Crippen LogP contribution is -1.89. The first-order valence-electron chi connectivity index (χ1n) is 7.60. The minimum Gasteiger partial charge on any atom is -0.508 e. The number of hydrogen-bond acceptors (Lipinski definition) is 6. The summed E-state index contributed by atoms with van der Waals surface area (Å²) < 4.78 is 0. The van der Waals surface area contributed by atoms with Crippen LogP contribution in [0.25, 0.3) is 0 Å². The van der Waals surface area contributed by atoms with Crippen LogP contribution >= 0.6 is 0 Å². The van der Waals surface area contributed by atoms with Crippen LogP contribution in [0, 0.1) is 0 Å². The van der Waals surface area contributed by atoms with Gasteiger partial charge >= 0.3 is 0 Å². The van der Waals surface area contributed by atoms with E-state index in [4.69, 9.17) is 0 Å². The van der Waals surface area contributed by atoms with Crippen LogP contribution in [-0.2, 0) is 0 Å². The fourth-order valence-electron chi connectivity index (χ4n) is 2.01. The second kappa shape index (κ2) is 8.57. The molecule has 0 aliphatic heterocycles. The molecular formula is C18H20N2O4. The summed E-state index contributed by atoms with van der Waals surface area (Å²) in [5, 5.41) is 37.6. The molecule has 6 heteroatoms. The van der Waals surface area contributed by atoms with Crippen molar-refractivity contribution in [2.75, 3.05) is 13.1 Å². The fourth-order valence-corrected chi connectivity index (χ4v) is 2.01. The van der Waals surface area contributed by atoms with E-state index >= 15 is 0 Å². The van der Waals surface area contributed by atoms with Crippen LogP contribution in [0.1, 0.15) is 24.0 Å². The van der Waals surface area contributed by atoms with E-state index in [2.05, 4.69) is 9.98 Å². The van der Waals surface area contributed by atoms with Gasteiger partial charge in [0.25, 0.3) is 0 Å². The molecule has 0 aromatic heterocycles. The highest BCUT2D eigenvalue weighted by Crippen LogP contribution is 2.21. The van der Waals surface area contributed by atoms with Gasteiger partial charge in [0.05, 0.1) is 0 Å². The van der Waals surface area contributed by atoms with Gasteiger partial charge in [0.1, 0.15) is 23.0 Å². The van der Waals surface area contributed by atoms with Crippen LogP contribution in [0.2, 0.25) is 0 Å². The molecule has 0 saturated heterocycles. The third-order valence-corrected chi connectivity index (χ3v) is 3.31. The van der Waals surface area contributed by atoms with Crippen molar-refractivity contribution in [1.29, 1.82) is 0 Å². The Morgan fingerprint density at radius 1 is 0.667 bits per heavy atom. The molecule has 126 valence electrons. The Hall–Kier alpha value is -3.02. The van der Waals surface area contributed by atoms with E-state index in [0.29, 0.717) is 24.2 Å². The van der Waals surface area contributed by atoms with E-state index in [-0.39, 0.29) is 23.0 Å². The fraction of sp³-hybridized carbons (Fsp3) is 0.222. The Morgan fingerprint density at radius 2 is 1.08 bits per heavy atom. The highest BCUT2D eigenvalue weighted by atomic mass is 16.3. The molecule has 0 aliphatic rings. The zero-order chi connectivity index (χ0) is 17.4. The van der Waals surface area contributed by atoms with Crippen LogP contribution in [0.15, 0.2) is 46.4 Å². The lowest BCUT2D eigenvalue weighted by Gasteiger charge is -2.00. The van der Waals surface area contributed by atoms with Crippen molar-refractivity contribution in [2.24, 2.45) is 9.98 Å². The van der Waals surface area contributed by atoms with Gasteiger partial charge in [-0.1, -0.05) is 0 Å². The Kier molecular flexibility index (Phi) is 6.19. The number of rotatable bonds is 7. The summed E-state index contributed by atoms with van der Waals surface area (Å²) in [5.41, 5.74) is 1.13. The summed E-state index contributed by atoms with van der Waals surface area (Å²) >= 11 is 0. The normalized spacial score (nSPS) is 11.5. The highest BCUT2D eigenvalue weighted by Gasteiger charge is 1.99. The standard InChI is InChI=1S/C18H20N2O4/c21-15-5-3-13(17(23)9-15)11-19-7-1-2-8-20-12-14-4-6-16(22)10-18(14)24/h3-6,9-12,21-24H,1-2,7-8H2. The van der Waals surface area contributed by atoms with Gasteiger partial charge in [-0.2, -0.15) is 0 Å². The number of phenolic OH excluding ortho intramolecular Hbond substituents is 4. The Balaban J connectivity index is 1.69. The number of aromatic hydroxyl groups is 4. The van der Waals surface area contributed by atoms with Crippen LogP contribution in [-0.4, -0.2) is 45.9 Å². The minimum absolute atomic E-state index is 0.00273. The monoisotopic (exact) mass is 328 g/mol. The lowest BCUT2D eigenvalue weighted by atomic mass is 10.2. The SMILES string of the molecule is Oc1ccc(C=NCCCCN=Cc2ccc(O)cc2O)c(O)c1. The first-order chi connectivity index (χ1) is 11.6. The number of hydrogen-bond donors (Lipinski definition) is 4. The average molecular weight is 328 g/mol. The molecule has 0 heterocycles. The van der Waals surface area contributed by atoms with Crippen molar-refractivity contribution in [3.8, 4) is 23.0 Å². The van der Waals surface area contributed by atoms with E-state index in [1.54, 1.807) is 24.6 Å². The number of unbranched alkanes of at least 4 members (excludes halogenated alkanes) is 1. The van der Waals surface area contributed by atoms with Crippen molar-refractivity contribution in [2.45, 2.75) is 12.8 Å². The van der Waals surface area contributed by atoms with Crippen molar-refractivity contribution < 1.29 is 20.4 Å². The van der Waals surface area contributed by atoms with E-state index < -0.39 is 0 Å². The first-order valence-corrected chi connectivity index (χ1v) is 7.60. The summed E-state index contributed by atoms with van der Waals surface area (Å²) in [6.07, 6.45) is 4.83. The Morgan fingerprint density at radius 3 is 1.46 bits per heavy atom. The molecule has 4 N–H and O–H groups in total. The molecule has 0 aliphatic carbocycles. The third-order valence-electron chi connectivity index (χ3n) is 3.31. The molecule has 2 aromatic carbocycles. The van der Waals surface area contributed by atoms with Gasteiger partial charge in [-0.15, -0.1) is 0 Å². The molecule has 2 rings (SSSR count). The van der Waals surface area contributed by atoms with Crippen molar-refractivity contribution >= 4 is 12.4 Å². The summed E-state index contributed by atoms with van der Waals surface area (Å²) in [6, 6.07) is 8.73. The number of aliphatic imine (C=N–C) groups is 2. The molecule has 0 saturated carbocycles. The Bertz CT molecular complexity index is 678. The maximum Gasteiger partial charge on any atom is 0.128 e. The third kappa shape index (κ3) is 5.31. The van der Waals surface area contributed by atoms with Gasteiger partial charge in [0.15, 0.2) is 0 Å². The van der Waals surface area contributed by atoms with Crippen LogP contribution < -0.4 is 0 Å². The van der Waals surface area contributed by atoms with Gasteiger partial charge in [-0.25, -0.2) is 0 Å². The summed E-state index contributed by atoms with van der Waals surface area (Å²) in [5.74, 6) is 0.0264. The van der Waals surface area contributed by atoms with Gasteiger partial charge < -0.3 is 20.4 Å². The van der Waals surface area contributed by atoms with Crippen molar-refractivity contribution in [3.05, 3.63) is 47.5 Å². The van der Waals surface area contributed by atoms with Crippen LogP contribution in [0.4, 0.5) is 0 Å². The van der Waals surface area contributed by atoms with E-state index in [0.717, 1.165) is 12.8 Å². The maximum atomic E-state index is 9.61. The number of benzene rings is 2. The largest absolute Gasteiger partial charge is 0.508 e. The van der Waals surface area contributed by atoms with Gasteiger partial charge in [-0.3, -0.25) is 9.98 Å². The molecule has 0 amide bonds. The molecule has 0 radical (unpaired) electrons. The predicted octanol–water partition coefficient (Wildman–Crippen LogP) is 2.83. The smallest absolute Gasteiger partial charge is 0.128 e. The molecule has 2 aromatic rings. The molecule has 0 unspecified atom stereocenters. The molecule has 0 spiro atoms. The topological polar surface area (TPSA) is 106 Å². The second-order valence-corrected chi connectivity index (χ2v) is 5.26. The lowest BCUT2D eigenvalue weighted by molar-refractivity contribution is 0.449. The maximum absolute atomic E-state index is 9.61.